The molecule has 96 valence electrons. The molecule has 0 aromatic rings. The fraction of sp³-hybridized carbons (Fsp3) is 0.417. The Balaban J connectivity index is 2.78. The summed E-state index contributed by atoms with van der Waals surface area (Å²) in [6, 6.07) is 1.86. The number of hydrogen-bond donors (Lipinski definition) is 2. The highest BCUT2D eigenvalue weighted by Gasteiger charge is 2.25. The second-order valence-corrected chi connectivity index (χ2v) is 3.86. The second-order valence-electron chi connectivity index (χ2n) is 3.86. The lowest BCUT2D eigenvalue weighted by molar-refractivity contribution is -0.139. The van der Waals surface area contributed by atoms with Crippen LogP contribution < -0.4 is 5.32 Å². The molecule has 0 aliphatic carbocycles. The lowest BCUT2D eigenvalue weighted by atomic mass is 9.98. The van der Waals surface area contributed by atoms with Gasteiger partial charge in [-0.2, -0.15) is 5.26 Å². The van der Waals surface area contributed by atoms with Gasteiger partial charge in [0.1, 0.15) is 6.61 Å². The van der Waals surface area contributed by atoms with Gasteiger partial charge in [0.25, 0.3) is 0 Å². The van der Waals surface area contributed by atoms with Crippen molar-refractivity contribution in [2.75, 3.05) is 6.61 Å². The quantitative estimate of drug-likeness (QED) is 0.572. The van der Waals surface area contributed by atoms with E-state index in [0.29, 0.717) is 11.4 Å². The van der Waals surface area contributed by atoms with Gasteiger partial charge in [0, 0.05) is 17.8 Å². The van der Waals surface area contributed by atoms with Crippen molar-refractivity contribution in [2.24, 2.45) is 0 Å². The molecule has 0 radical (unpaired) electrons. The number of rotatable bonds is 4. The third-order valence-electron chi connectivity index (χ3n) is 2.59. The summed E-state index contributed by atoms with van der Waals surface area (Å²) in [4.78, 5) is 22.7. The van der Waals surface area contributed by atoms with Gasteiger partial charge < -0.3 is 15.2 Å². The number of esters is 1. The van der Waals surface area contributed by atoms with Crippen LogP contribution >= 0.6 is 0 Å². The Labute approximate surface area is 105 Å². The van der Waals surface area contributed by atoms with Gasteiger partial charge in [-0.25, -0.2) is 9.59 Å². The first-order chi connectivity index (χ1) is 8.47. The average molecular weight is 250 g/mol. The van der Waals surface area contributed by atoms with E-state index in [0.717, 1.165) is 0 Å². The van der Waals surface area contributed by atoms with E-state index < -0.39 is 11.9 Å². The lowest BCUT2D eigenvalue weighted by Crippen LogP contribution is -2.26. The van der Waals surface area contributed by atoms with Crippen LogP contribution in [0.4, 0.5) is 0 Å². The van der Waals surface area contributed by atoms with Gasteiger partial charge >= 0.3 is 11.9 Å². The van der Waals surface area contributed by atoms with Crippen molar-refractivity contribution in [1.82, 2.24) is 5.32 Å². The predicted molar refractivity (Wildman–Crippen MR) is 62.0 cm³/mol. The van der Waals surface area contributed by atoms with Crippen LogP contribution in [-0.2, 0) is 14.3 Å². The summed E-state index contributed by atoms with van der Waals surface area (Å²) in [5.41, 5.74) is 1.54. The topological polar surface area (TPSA) is 99.4 Å². The zero-order chi connectivity index (χ0) is 13.7. The van der Waals surface area contributed by atoms with Gasteiger partial charge in [0.2, 0.25) is 0 Å². The van der Waals surface area contributed by atoms with Crippen LogP contribution in [0, 0.1) is 11.3 Å². The first-order valence-corrected chi connectivity index (χ1v) is 5.41. The van der Waals surface area contributed by atoms with Crippen molar-refractivity contribution >= 4 is 11.9 Å². The molecule has 0 aromatic carbocycles. The fourth-order valence-electron chi connectivity index (χ4n) is 1.61. The van der Waals surface area contributed by atoms with Crippen LogP contribution in [0.25, 0.3) is 0 Å². The molecule has 1 heterocycles. The first-order valence-electron chi connectivity index (χ1n) is 5.41. The molecule has 0 amide bonds. The molecule has 6 nitrogen and oxygen atoms in total. The van der Waals surface area contributed by atoms with Gasteiger partial charge in [0.15, 0.2) is 0 Å². The summed E-state index contributed by atoms with van der Waals surface area (Å²) in [6.45, 7) is 3.34. The zero-order valence-corrected chi connectivity index (χ0v) is 10.2. The SMILES string of the molecule is CC1=C(C(=O)O)CC(C(=O)OCCC#N)=C(C)N1. The summed E-state index contributed by atoms with van der Waals surface area (Å²) in [6.07, 6.45) is 0.150. The summed E-state index contributed by atoms with van der Waals surface area (Å²) < 4.78 is 4.88. The molecule has 1 aliphatic heterocycles. The molecule has 0 saturated carbocycles. The maximum atomic E-state index is 11.7. The predicted octanol–water partition coefficient (Wildman–Crippen LogP) is 1.07. The van der Waals surface area contributed by atoms with Crippen LogP contribution in [0.2, 0.25) is 0 Å². The molecule has 1 rings (SSSR count). The summed E-state index contributed by atoms with van der Waals surface area (Å²) >= 11 is 0. The zero-order valence-electron chi connectivity index (χ0n) is 10.2. The Kier molecular flexibility index (Phi) is 4.49. The molecule has 0 aromatic heterocycles. The molecule has 1 aliphatic rings. The van der Waals surface area contributed by atoms with Gasteiger partial charge in [0.05, 0.1) is 23.6 Å². The molecule has 2 N–H and O–H groups in total. The first kappa shape index (κ1) is 13.8. The summed E-state index contributed by atoms with van der Waals surface area (Å²) in [7, 11) is 0. The molecule has 18 heavy (non-hydrogen) atoms. The van der Waals surface area contributed by atoms with E-state index in [9.17, 15) is 9.59 Å². The minimum absolute atomic E-state index is 0.0111. The van der Waals surface area contributed by atoms with Crippen LogP contribution in [0.15, 0.2) is 22.5 Å². The van der Waals surface area contributed by atoms with Gasteiger partial charge in [-0.15, -0.1) is 0 Å². The Bertz CT molecular complexity index is 483. The highest BCUT2D eigenvalue weighted by Crippen LogP contribution is 2.23. The number of nitrogens with one attached hydrogen (secondary N) is 1. The van der Waals surface area contributed by atoms with Crippen LogP contribution in [0.3, 0.4) is 0 Å². The number of carboxylic acids is 1. The Morgan fingerprint density at radius 1 is 1.39 bits per heavy atom. The van der Waals surface area contributed by atoms with Crippen LogP contribution in [-0.4, -0.2) is 23.7 Å². The normalized spacial score (nSPS) is 14.9. The number of nitriles is 1. The van der Waals surface area contributed by atoms with E-state index >= 15 is 0 Å². The number of nitrogens with zero attached hydrogens (tertiary/aromatic N) is 1. The van der Waals surface area contributed by atoms with Crippen LogP contribution in [0.1, 0.15) is 26.7 Å². The largest absolute Gasteiger partial charge is 0.478 e. The number of carbonyl (C=O) groups excluding carboxylic acids is 1. The number of aliphatic carboxylic acids is 1. The molecule has 6 heteroatoms. The van der Waals surface area contributed by atoms with E-state index in [2.05, 4.69) is 5.32 Å². The fourth-order valence-corrected chi connectivity index (χ4v) is 1.61. The summed E-state index contributed by atoms with van der Waals surface area (Å²) in [5.74, 6) is -1.64. The third-order valence-corrected chi connectivity index (χ3v) is 2.59. The van der Waals surface area contributed by atoms with E-state index in [-0.39, 0.29) is 30.6 Å². The maximum Gasteiger partial charge on any atom is 0.336 e. The van der Waals surface area contributed by atoms with Gasteiger partial charge in [-0.3, -0.25) is 0 Å². The average Bonchev–Trinajstić information content (AvgIpc) is 2.28. The third kappa shape index (κ3) is 3.10. The highest BCUT2D eigenvalue weighted by molar-refractivity contribution is 5.95. The molecule has 0 spiro atoms. The molecule has 0 atom stereocenters. The highest BCUT2D eigenvalue weighted by atomic mass is 16.5. The number of dihydropyridines is 1. The molecule has 0 saturated heterocycles. The van der Waals surface area contributed by atoms with E-state index in [1.807, 2.05) is 6.07 Å². The molecular weight excluding hydrogens is 236 g/mol. The van der Waals surface area contributed by atoms with Crippen molar-refractivity contribution in [2.45, 2.75) is 26.7 Å². The van der Waals surface area contributed by atoms with Crippen molar-refractivity contribution in [3.05, 3.63) is 22.5 Å². The number of hydrogen-bond acceptors (Lipinski definition) is 5. The second kappa shape index (κ2) is 5.87. The minimum atomic E-state index is -1.06. The van der Waals surface area contributed by atoms with Gasteiger partial charge in [-0.1, -0.05) is 0 Å². The van der Waals surface area contributed by atoms with Crippen LogP contribution in [0.5, 0.6) is 0 Å². The Morgan fingerprint density at radius 2 is 2.00 bits per heavy atom. The molecular formula is C12H14N2O4. The van der Waals surface area contributed by atoms with E-state index in [4.69, 9.17) is 15.1 Å². The Morgan fingerprint density at radius 3 is 2.56 bits per heavy atom. The molecule has 0 bridgehead atoms. The van der Waals surface area contributed by atoms with Crippen molar-refractivity contribution in [3.8, 4) is 6.07 Å². The van der Waals surface area contributed by atoms with Gasteiger partial charge in [-0.05, 0) is 13.8 Å². The van der Waals surface area contributed by atoms with E-state index in [1.54, 1.807) is 13.8 Å². The Hall–Kier alpha value is -2.29. The van der Waals surface area contributed by atoms with Crippen molar-refractivity contribution in [1.29, 1.82) is 5.26 Å². The number of ether oxygens (including phenoxy) is 1. The van der Waals surface area contributed by atoms with Crippen molar-refractivity contribution < 1.29 is 19.4 Å². The smallest absolute Gasteiger partial charge is 0.336 e. The number of carboxylic acid groups (broad SMARTS) is 1. The maximum absolute atomic E-state index is 11.7. The van der Waals surface area contributed by atoms with Crippen molar-refractivity contribution in [3.63, 3.8) is 0 Å². The standard InChI is InChI=1S/C12H14N2O4/c1-7-9(11(15)16)6-10(8(2)14-7)12(17)18-5-3-4-13/h14H,3,5-6H2,1-2H3,(H,15,16). The summed E-state index contributed by atoms with van der Waals surface area (Å²) in [5, 5.41) is 20.2. The molecule has 0 unspecified atom stereocenters. The number of allylic oxidation sites excluding steroid dienone is 2. The molecule has 0 fully saturated rings. The lowest BCUT2D eigenvalue weighted by Gasteiger charge is -2.21. The van der Waals surface area contributed by atoms with E-state index in [1.165, 1.54) is 0 Å². The minimum Gasteiger partial charge on any atom is -0.478 e. The number of carbonyl (C=O) groups is 2. The monoisotopic (exact) mass is 250 g/mol.